The van der Waals surface area contributed by atoms with Crippen molar-refractivity contribution in [1.29, 1.82) is 0 Å². The highest BCUT2D eigenvalue weighted by atomic mass is 16.4. The maximum Gasteiger partial charge on any atom is 0.320 e. The minimum absolute atomic E-state index is 0.158. The third-order valence-electron chi connectivity index (χ3n) is 6.22. The number of rotatable bonds is 3. The maximum absolute atomic E-state index is 11.8. The highest BCUT2D eigenvalue weighted by Crippen LogP contribution is 2.66. The van der Waals surface area contributed by atoms with Crippen molar-refractivity contribution in [1.82, 2.24) is 4.81 Å². The summed E-state index contributed by atoms with van der Waals surface area (Å²) < 4.78 is 0. The zero-order valence-electron chi connectivity index (χ0n) is 11.7. The second kappa shape index (κ2) is 4.34. The van der Waals surface area contributed by atoms with E-state index in [9.17, 15) is 14.7 Å². The largest absolute Gasteiger partial charge is 0.480 e. The summed E-state index contributed by atoms with van der Waals surface area (Å²) in [7, 11) is 0.277. The first-order chi connectivity index (χ1) is 9.04. The molecule has 3 rings (SSSR count). The first-order valence-electron chi connectivity index (χ1n) is 7.46. The van der Waals surface area contributed by atoms with Crippen LogP contribution in [-0.4, -0.2) is 41.6 Å². The van der Waals surface area contributed by atoms with Crippen LogP contribution in [0.3, 0.4) is 0 Å². The molecule has 3 aliphatic rings. The molecule has 0 amide bonds. The van der Waals surface area contributed by atoms with Gasteiger partial charge in [-0.2, -0.15) is 0 Å². The van der Waals surface area contributed by atoms with E-state index >= 15 is 0 Å². The predicted molar refractivity (Wildman–Crippen MR) is 73.7 cm³/mol. The highest BCUT2D eigenvalue weighted by Gasteiger charge is 2.68. The predicted octanol–water partition coefficient (Wildman–Crippen LogP) is 1.13. The second-order valence-electron chi connectivity index (χ2n) is 6.81. The fourth-order valence-corrected chi connectivity index (χ4v) is 5.88. The van der Waals surface area contributed by atoms with Crippen molar-refractivity contribution in [2.75, 3.05) is 0 Å². The Labute approximate surface area is 114 Å². The van der Waals surface area contributed by atoms with Gasteiger partial charge in [0, 0.05) is 6.04 Å². The molecule has 0 aromatic rings. The molecule has 1 spiro atoms. The Morgan fingerprint density at radius 1 is 1.47 bits per heavy atom. The van der Waals surface area contributed by atoms with Crippen molar-refractivity contribution < 1.29 is 14.7 Å². The summed E-state index contributed by atoms with van der Waals surface area (Å²) in [4.78, 5) is 24.7. The maximum atomic E-state index is 11.8. The molecule has 3 fully saturated rings. The molecule has 2 saturated carbocycles. The topological polar surface area (TPSA) is 57.6 Å². The zero-order chi connectivity index (χ0) is 13.8. The van der Waals surface area contributed by atoms with Crippen molar-refractivity contribution in [2.45, 2.75) is 51.6 Å². The van der Waals surface area contributed by atoms with Gasteiger partial charge in [0.25, 0.3) is 7.41 Å². The molecule has 1 saturated heterocycles. The monoisotopic (exact) mass is 263 g/mol. The molecule has 5 heteroatoms. The highest BCUT2D eigenvalue weighted by molar-refractivity contribution is 6.64. The standard InChI is InChI=1S/C14H22BNO3/c1-8-6-9(2)14-5-3-4-10(14)16(15-7-17)12(11(8)14)13(18)19/h7-12,15H,3-6H2,1-2H3,(H,18,19)/t8?,9?,10?,11?,12-,14?/m0/s1. The van der Waals surface area contributed by atoms with Gasteiger partial charge in [0.05, 0.1) is 6.19 Å². The zero-order valence-corrected chi connectivity index (χ0v) is 11.7. The van der Waals surface area contributed by atoms with Crippen LogP contribution in [0.5, 0.6) is 0 Å². The van der Waals surface area contributed by atoms with Gasteiger partial charge in [-0.1, -0.05) is 20.3 Å². The van der Waals surface area contributed by atoms with E-state index in [-0.39, 0.29) is 18.7 Å². The molecule has 6 atom stereocenters. The molecule has 0 bridgehead atoms. The summed E-state index contributed by atoms with van der Waals surface area (Å²) in [5.41, 5.74) is 0.158. The number of aliphatic carboxylic acids is 1. The number of carbonyl (C=O) groups is 2. The average Bonchev–Trinajstić information content (AvgIpc) is 2.92. The minimum atomic E-state index is -0.735. The molecule has 2 aliphatic carbocycles. The molecule has 4 nitrogen and oxygen atoms in total. The normalized spacial score (nSPS) is 48.8. The molecule has 0 aromatic heterocycles. The van der Waals surface area contributed by atoms with Crippen LogP contribution >= 0.6 is 0 Å². The van der Waals surface area contributed by atoms with E-state index in [1.165, 1.54) is 6.42 Å². The van der Waals surface area contributed by atoms with Crippen molar-refractivity contribution >= 4 is 19.6 Å². The van der Waals surface area contributed by atoms with E-state index < -0.39 is 12.0 Å². The number of nitrogens with zero attached hydrogens (tertiary/aromatic N) is 1. The third kappa shape index (κ3) is 1.51. The van der Waals surface area contributed by atoms with Crippen LogP contribution in [0.2, 0.25) is 0 Å². The van der Waals surface area contributed by atoms with Crippen molar-refractivity contribution in [2.24, 2.45) is 23.2 Å². The molecule has 0 aromatic carbocycles. The van der Waals surface area contributed by atoms with Crippen molar-refractivity contribution in [3.05, 3.63) is 0 Å². The van der Waals surface area contributed by atoms with Gasteiger partial charge in [-0.3, -0.25) is 4.79 Å². The molecule has 1 N–H and O–H groups in total. The Kier molecular flexibility index (Phi) is 3.00. The number of carboxylic acid groups (broad SMARTS) is 1. The van der Waals surface area contributed by atoms with Crippen LogP contribution in [-0.2, 0) is 9.59 Å². The molecule has 19 heavy (non-hydrogen) atoms. The molecular weight excluding hydrogens is 241 g/mol. The number of carboxylic acids is 1. The SMILES string of the molecule is CC1CC(C)C23CCCC2N(BC=O)[C@H](C(=O)O)C13. The summed E-state index contributed by atoms with van der Waals surface area (Å²) in [5, 5.41) is 9.66. The van der Waals surface area contributed by atoms with Gasteiger partial charge in [-0.15, -0.1) is 0 Å². The fraction of sp³-hybridized carbons (Fsp3) is 0.857. The lowest BCUT2D eigenvalue weighted by Gasteiger charge is -2.35. The van der Waals surface area contributed by atoms with Gasteiger partial charge >= 0.3 is 5.97 Å². The van der Waals surface area contributed by atoms with E-state index in [0.717, 1.165) is 25.4 Å². The first-order valence-corrected chi connectivity index (χ1v) is 7.46. The van der Waals surface area contributed by atoms with Crippen LogP contribution in [0.25, 0.3) is 0 Å². The van der Waals surface area contributed by atoms with Crippen molar-refractivity contribution in [3.63, 3.8) is 0 Å². The lowest BCUT2D eigenvalue weighted by molar-refractivity contribution is -0.142. The summed E-state index contributed by atoms with van der Waals surface area (Å²) >= 11 is 0. The van der Waals surface area contributed by atoms with E-state index in [0.29, 0.717) is 17.9 Å². The van der Waals surface area contributed by atoms with E-state index in [4.69, 9.17) is 0 Å². The summed E-state index contributed by atoms with van der Waals surface area (Å²) in [6.45, 7) is 4.49. The van der Waals surface area contributed by atoms with Crippen LogP contribution < -0.4 is 0 Å². The fourth-order valence-electron chi connectivity index (χ4n) is 5.88. The van der Waals surface area contributed by atoms with Gasteiger partial charge in [0.15, 0.2) is 0 Å². The minimum Gasteiger partial charge on any atom is -0.480 e. The van der Waals surface area contributed by atoms with Gasteiger partial charge in [0.1, 0.15) is 6.04 Å². The van der Waals surface area contributed by atoms with Crippen LogP contribution in [0.15, 0.2) is 0 Å². The van der Waals surface area contributed by atoms with Gasteiger partial charge in [-0.05, 0) is 42.4 Å². The molecule has 1 heterocycles. The molecule has 1 aliphatic heterocycles. The lowest BCUT2D eigenvalue weighted by atomic mass is 9.69. The number of hydrogen-bond donors (Lipinski definition) is 1. The first kappa shape index (κ1) is 13.2. The smallest absolute Gasteiger partial charge is 0.320 e. The summed E-state index contributed by atoms with van der Waals surface area (Å²) in [6, 6.07) is -0.140. The van der Waals surface area contributed by atoms with Crippen LogP contribution in [0.4, 0.5) is 0 Å². The number of carbonyl (C=O) groups excluding carboxylic acids is 1. The average molecular weight is 263 g/mol. The molecule has 0 radical (unpaired) electrons. The Hall–Kier alpha value is -0.835. The number of hydrogen-bond acceptors (Lipinski definition) is 3. The Morgan fingerprint density at radius 3 is 2.84 bits per heavy atom. The molecular formula is C14H22BNO3. The van der Waals surface area contributed by atoms with Gasteiger partial charge < -0.3 is 14.7 Å². The van der Waals surface area contributed by atoms with Crippen molar-refractivity contribution in [3.8, 4) is 0 Å². The Morgan fingerprint density at radius 2 is 2.21 bits per heavy atom. The quantitative estimate of drug-likeness (QED) is 0.612. The van der Waals surface area contributed by atoms with E-state index in [1.54, 1.807) is 0 Å². The van der Waals surface area contributed by atoms with Gasteiger partial charge in [-0.25, -0.2) is 0 Å². The summed E-state index contributed by atoms with van der Waals surface area (Å²) in [6.07, 6.45) is 5.40. The Balaban J connectivity index is 2.07. The van der Waals surface area contributed by atoms with E-state index in [2.05, 4.69) is 13.8 Å². The van der Waals surface area contributed by atoms with E-state index in [1.807, 2.05) is 4.81 Å². The molecule has 5 unspecified atom stereocenters. The molecule has 104 valence electrons. The van der Waals surface area contributed by atoms with Gasteiger partial charge in [0.2, 0.25) is 0 Å². The lowest BCUT2D eigenvalue weighted by Crippen LogP contribution is -2.47. The Bertz CT molecular complexity index is 415. The third-order valence-corrected chi connectivity index (χ3v) is 6.22. The van der Waals surface area contributed by atoms with Crippen LogP contribution in [0, 0.1) is 23.2 Å². The summed E-state index contributed by atoms with van der Waals surface area (Å²) in [5.74, 6) is 0.529. The second-order valence-corrected chi connectivity index (χ2v) is 6.81. The van der Waals surface area contributed by atoms with Crippen LogP contribution in [0.1, 0.15) is 39.5 Å².